The van der Waals surface area contributed by atoms with Crippen molar-refractivity contribution in [2.45, 2.75) is 39.2 Å². The summed E-state index contributed by atoms with van der Waals surface area (Å²) in [6.45, 7) is 3.85. The number of methoxy groups -OCH3 is 1. The second-order valence-electron chi connectivity index (χ2n) is 7.29. The predicted molar refractivity (Wildman–Crippen MR) is 117 cm³/mol. The number of nitrogens with one attached hydrogen (secondary N) is 1. The fourth-order valence-corrected chi connectivity index (χ4v) is 4.27. The molecule has 0 spiro atoms. The minimum absolute atomic E-state index is 0.0157. The smallest absolute Gasteiger partial charge is 0.232 e. The second kappa shape index (κ2) is 10.6. The SMILES string of the molecule is CCC(NC(=O)CCCN(c1ccc(F)c(F)c1)S(C)(=O)=O)c1ccc(OC)c(C)c1. The lowest BCUT2D eigenvalue weighted by molar-refractivity contribution is -0.121. The van der Waals surface area contributed by atoms with Gasteiger partial charge in [-0.2, -0.15) is 0 Å². The molecular weight excluding hydrogens is 426 g/mol. The molecule has 0 heterocycles. The van der Waals surface area contributed by atoms with E-state index in [4.69, 9.17) is 4.74 Å². The molecule has 1 N–H and O–H groups in total. The lowest BCUT2D eigenvalue weighted by atomic mass is 10.0. The van der Waals surface area contributed by atoms with Crippen LogP contribution in [-0.2, 0) is 14.8 Å². The summed E-state index contributed by atoms with van der Waals surface area (Å²) in [7, 11) is -2.13. The molecule has 170 valence electrons. The number of ether oxygens (including phenoxy) is 1. The number of benzene rings is 2. The van der Waals surface area contributed by atoms with Crippen LogP contribution in [0.2, 0.25) is 0 Å². The maximum atomic E-state index is 13.5. The molecule has 2 aromatic carbocycles. The van der Waals surface area contributed by atoms with E-state index in [-0.39, 0.29) is 37.0 Å². The van der Waals surface area contributed by atoms with Gasteiger partial charge in [0.15, 0.2) is 11.6 Å². The molecule has 2 rings (SSSR count). The first-order chi connectivity index (χ1) is 14.6. The Morgan fingerprint density at radius 2 is 1.87 bits per heavy atom. The Bertz CT molecular complexity index is 1030. The van der Waals surface area contributed by atoms with Crippen LogP contribution in [0.25, 0.3) is 0 Å². The van der Waals surface area contributed by atoms with Gasteiger partial charge in [-0.05, 0) is 49.1 Å². The van der Waals surface area contributed by atoms with Crippen molar-refractivity contribution in [3.8, 4) is 5.75 Å². The minimum Gasteiger partial charge on any atom is -0.496 e. The molecule has 0 radical (unpaired) electrons. The number of amides is 1. The van der Waals surface area contributed by atoms with Crippen LogP contribution >= 0.6 is 0 Å². The summed E-state index contributed by atoms with van der Waals surface area (Å²) in [6.07, 6.45) is 1.96. The molecule has 0 aliphatic carbocycles. The van der Waals surface area contributed by atoms with E-state index < -0.39 is 21.7 Å². The van der Waals surface area contributed by atoms with E-state index in [1.54, 1.807) is 7.11 Å². The number of halogens is 2. The average Bonchev–Trinajstić information content (AvgIpc) is 2.70. The number of sulfonamides is 1. The van der Waals surface area contributed by atoms with Crippen LogP contribution in [0.5, 0.6) is 5.75 Å². The molecule has 6 nitrogen and oxygen atoms in total. The summed E-state index contributed by atoms with van der Waals surface area (Å²) in [5.41, 5.74) is 1.93. The van der Waals surface area contributed by atoms with Crippen LogP contribution in [0, 0.1) is 18.6 Å². The van der Waals surface area contributed by atoms with Gasteiger partial charge in [-0.25, -0.2) is 17.2 Å². The first-order valence-corrected chi connectivity index (χ1v) is 11.8. The van der Waals surface area contributed by atoms with E-state index in [9.17, 15) is 22.0 Å². The van der Waals surface area contributed by atoms with E-state index >= 15 is 0 Å². The normalized spacial score (nSPS) is 12.3. The summed E-state index contributed by atoms with van der Waals surface area (Å²) in [5, 5.41) is 2.96. The highest BCUT2D eigenvalue weighted by atomic mass is 32.2. The highest BCUT2D eigenvalue weighted by Crippen LogP contribution is 2.25. The Morgan fingerprint density at radius 1 is 1.16 bits per heavy atom. The lowest BCUT2D eigenvalue weighted by Gasteiger charge is -2.23. The Kier molecular flexibility index (Phi) is 8.38. The van der Waals surface area contributed by atoms with E-state index in [0.29, 0.717) is 6.42 Å². The molecule has 0 aliphatic heterocycles. The number of anilines is 1. The number of hydrogen-bond donors (Lipinski definition) is 1. The third kappa shape index (κ3) is 6.65. The quantitative estimate of drug-likeness (QED) is 0.587. The number of carbonyl (C=O) groups excluding carboxylic acids is 1. The molecule has 0 fully saturated rings. The van der Waals surface area contributed by atoms with Gasteiger partial charge >= 0.3 is 0 Å². The zero-order valence-electron chi connectivity index (χ0n) is 18.1. The van der Waals surface area contributed by atoms with Gasteiger partial charge in [0.2, 0.25) is 15.9 Å². The summed E-state index contributed by atoms with van der Waals surface area (Å²) in [4.78, 5) is 12.4. The van der Waals surface area contributed by atoms with Crippen LogP contribution in [0.15, 0.2) is 36.4 Å². The van der Waals surface area contributed by atoms with E-state index in [2.05, 4.69) is 5.32 Å². The van der Waals surface area contributed by atoms with E-state index in [1.807, 2.05) is 32.0 Å². The monoisotopic (exact) mass is 454 g/mol. The molecule has 0 saturated carbocycles. The number of rotatable bonds is 10. The predicted octanol–water partition coefficient (Wildman–Crippen LogP) is 4.10. The Balaban J connectivity index is 2.01. The summed E-state index contributed by atoms with van der Waals surface area (Å²) >= 11 is 0. The Hall–Kier alpha value is -2.68. The first kappa shape index (κ1) is 24.6. The van der Waals surface area contributed by atoms with E-state index in [1.165, 1.54) is 6.07 Å². The Morgan fingerprint density at radius 3 is 2.42 bits per heavy atom. The van der Waals surface area contributed by atoms with Gasteiger partial charge in [0.05, 0.1) is 25.1 Å². The molecule has 1 amide bonds. The van der Waals surface area contributed by atoms with Crippen molar-refractivity contribution in [1.82, 2.24) is 5.32 Å². The minimum atomic E-state index is -3.73. The van der Waals surface area contributed by atoms with Crippen molar-refractivity contribution < 1.29 is 26.7 Å². The van der Waals surface area contributed by atoms with Crippen LogP contribution < -0.4 is 14.4 Å². The van der Waals surface area contributed by atoms with Gasteiger partial charge in [-0.3, -0.25) is 9.10 Å². The third-order valence-corrected chi connectivity index (χ3v) is 6.12. The molecule has 0 aromatic heterocycles. The maximum Gasteiger partial charge on any atom is 0.232 e. The van der Waals surface area contributed by atoms with Gasteiger partial charge in [0.1, 0.15) is 5.75 Å². The van der Waals surface area contributed by atoms with Crippen LogP contribution in [0.1, 0.15) is 43.4 Å². The van der Waals surface area contributed by atoms with Crippen molar-refractivity contribution in [2.75, 3.05) is 24.2 Å². The summed E-state index contributed by atoms with van der Waals surface area (Å²) in [6, 6.07) is 8.42. The number of aryl methyl sites for hydroxylation is 1. The zero-order valence-corrected chi connectivity index (χ0v) is 18.9. The van der Waals surface area contributed by atoms with Gasteiger partial charge in [0, 0.05) is 19.0 Å². The molecule has 2 aromatic rings. The molecular formula is C22H28F2N2O4S. The number of hydrogen-bond acceptors (Lipinski definition) is 4. The summed E-state index contributed by atoms with van der Waals surface area (Å²) in [5.74, 6) is -1.65. The summed E-state index contributed by atoms with van der Waals surface area (Å²) < 4.78 is 57.1. The molecule has 0 bridgehead atoms. The van der Waals surface area contributed by atoms with Crippen molar-refractivity contribution in [3.05, 3.63) is 59.2 Å². The highest BCUT2D eigenvalue weighted by Gasteiger charge is 2.20. The van der Waals surface area contributed by atoms with Gasteiger partial charge in [-0.1, -0.05) is 19.1 Å². The maximum absolute atomic E-state index is 13.5. The van der Waals surface area contributed by atoms with Crippen molar-refractivity contribution in [3.63, 3.8) is 0 Å². The third-order valence-electron chi connectivity index (χ3n) is 4.92. The molecule has 9 heteroatoms. The van der Waals surface area contributed by atoms with Crippen molar-refractivity contribution in [2.24, 2.45) is 0 Å². The van der Waals surface area contributed by atoms with Crippen LogP contribution in [0.4, 0.5) is 14.5 Å². The van der Waals surface area contributed by atoms with Gasteiger partial charge in [0.25, 0.3) is 0 Å². The molecule has 0 aliphatic rings. The molecule has 1 atom stereocenters. The molecule has 1 unspecified atom stereocenters. The zero-order chi connectivity index (χ0) is 23.2. The van der Waals surface area contributed by atoms with E-state index in [0.717, 1.165) is 39.6 Å². The van der Waals surface area contributed by atoms with Crippen molar-refractivity contribution in [1.29, 1.82) is 0 Å². The highest BCUT2D eigenvalue weighted by molar-refractivity contribution is 7.92. The number of nitrogens with zero attached hydrogens (tertiary/aromatic N) is 1. The van der Waals surface area contributed by atoms with Crippen LogP contribution in [-0.4, -0.2) is 34.2 Å². The van der Waals surface area contributed by atoms with Gasteiger partial charge < -0.3 is 10.1 Å². The fraction of sp³-hybridized carbons (Fsp3) is 0.409. The van der Waals surface area contributed by atoms with Crippen molar-refractivity contribution >= 4 is 21.6 Å². The standard InChI is InChI=1S/C22H28F2N2O4S/c1-5-20(16-8-11-21(30-3)15(2)13-16)25-22(27)7-6-12-26(31(4,28)29)17-9-10-18(23)19(24)14-17/h8-11,13-14,20H,5-7,12H2,1-4H3,(H,25,27). The van der Waals surface area contributed by atoms with Crippen LogP contribution in [0.3, 0.4) is 0 Å². The molecule has 31 heavy (non-hydrogen) atoms. The molecule has 0 saturated heterocycles. The average molecular weight is 455 g/mol. The number of carbonyl (C=O) groups is 1. The lowest BCUT2D eigenvalue weighted by Crippen LogP contribution is -2.33. The van der Waals surface area contributed by atoms with Gasteiger partial charge in [-0.15, -0.1) is 0 Å². The fourth-order valence-electron chi connectivity index (χ4n) is 3.32. The first-order valence-electron chi connectivity index (χ1n) is 9.93. The topological polar surface area (TPSA) is 75.7 Å². The largest absolute Gasteiger partial charge is 0.496 e. The Labute approximate surface area is 182 Å². The second-order valence-corrected chi connectivity index (χ2v) is 9.20.